The van der Waals surface area contributed by atoms with Crippen molar-refractivity contribution in [2.45, 2.75) is 38.6 Å². The molecule has 1 saturated heterocycles. The van der Waals surface area contributed by atoms with Crippen molar-refractivity contribution in [3.8, 4) is 17.1 Å². The summed E-state index contributed by atoms with van der Waals surface area (Å²) in [5.74, 6) is 1.84. The molecule has 7 heteroatoms. The fourth-order valence-corrected chi connectivity index (χ4v) is 4.13. The number of likely N-dealkylation sites (tertiary alicyclic amines) is 1. The summed E-state index contributed by atoms with van der Waals surface area (Å²) in [7, 11) is 1.69. The van der Waals surface area contributed by atoms with Crippen LogP contribution >= 0.6 is 0 Å². The van der Waals surface area contributed by atoms with E-state index < -0.39 is 0 Å². The van der Waals surface area contributed by atoms with Crippen LogP contribution in [-0.2, 0) is 11.2 Å². The molecule has 7 nitrogen and oxygen atoms in total. The van der Waals surface area contributed by atoms with Crippen LogP contribution in [0.1, 0.15) is 42.3 Å². The molecule has 168 valence electrons. The number of amides is 1. The summed E-state index contributed by atoms with van der Waals surface area (Å²) in [6, 6.07) is 16.1. The zero-order valence-electron chi connectivity index (χ0n) is 18.7. The number of carbonyl (C=O) groups excluding carboxylic acids is 1. The van der Waals surface area contributed by atoms with Crippen LogP contribution in [0, 0.1) is 6.92 Å². The molecule has 1 N–H and O–H groups in total. The fraction of sp³-hybridized carbons (Fsp3) is 0.400. The lowest BCUT2D eigenvalue weighted by Gasteiger charge is -2.29. The number of rotatable bonds is 9. The number of methoxy groups -OCH3 is 1. The van der Waals surface area contributed by atoms with Gasteiger partial charge in [0.1, 0.15) is 5.75 Å². The van der Waals surface area contributed by atoms with Gasteiger partial charge in [0.25, 0.3) is 0 Å². The molecule has 2 heterocycles. The topological polar surface area (TPSA) is 80.5 Å². The minimum absolute atomic E-state index is 0.0285. The lowest BCUT2D eigenvalue weighted by Crippen LogP contribution is -2.37. The number of para-hydroxylation sites is 1. The molecular weight excluding hydrogens is 404 g/mol. The second-order valence-electron chi connectivity index (χ2n) is 8.18. The van der Waals surface area contributed by atoms with E-state index in [1.165, 1.54) is 18.4 Å². The van der Waals surface area contributed by atoms with Gasteiger partial charge in [-0.3, -0.25) is 9.69 Å². The summed E-state index contributed by atoms with van der Waals surface area (Å²) in [5, 5.41) is 7.14. The third kappa shape index (κ3) is 5.34. The van der Waals surface area contributed by atoms with E-state index >= 15 is 0 Å². The Hall–Kier alpha value is -3.19. The van der Waals surface area contributed by atoms with Crippen LogP contribution in [0.2, 0.25) is 0 Å². The van der Waals surface area contributed by atoms with Crippen LogP contribution in [-0.4, -0.2) is 47.7 Å². The Labute approximate surface area is 188 Å². The summed E-state index contributed by atoms with van der Waals surface area (Å²) in [6.45, 7) is 4.63. The van der Waals surface area contributed by atoms with Crippen LogP contribution in [0.25, 0.3) is 11.4 Å². The van der Waals surface area contributed by atoms with Crippen molar-refractivity contribution in [3.05, 3.63) is 65.5 Å². The Morgan fingerprint density at radius 1 is 1.16 bits per heavy atom. The summed E-state index contributed by atoms with van der Waals surface area (Å²) in [5.41, 5.74) is 3.19. The number of aryl methyl sites for hydroxylation is 2. The van der Waals surface area contributed by atoms with Crippen LogP contribution in [0.4, 0.5) is 0 Å². The maximum Gasteiger partial charge on any atom is 0.227 e. The van der Waals surface area contributed by atoms with Gasteiger partial charge in [0, 0.05) is 30.5 Å². The van der Waals surface area contributed by atoms with Crippen molar-refractivity contribution < 1.29 is 14.1 Å². The maximum absolute atomic E-state index is 12.6. The van der Waals surface area contributed by atoms with Crippen LogP contribution < -0.4 is 10.1 Å². The van der Waals surface area contributed by atoms with Gasteiger partial charge in [-0.2, -0.15) is 4.98 Å². The van der Waals surface area contributed by atoms with E-state index in [1.54, 1.807) is 7.11 Å². The van der Waals surface area contributed by atoms with E-state index in [0.29, 0.717) is 31.1 Å². The molecule has 0 spiro atoms. The van der Waals surface area contributed by atoms with Gasteiger partial charge >= 0.3 is 0 Å². The molecule has 1 amide bonds. The molecule has 0 radical (unpaired) electrons. The zero-order chi connectivity index (χ0) is 22.3. The quantitative estimate of drug-likeness (QED) is 0.549. The van der Waals surface area contributed by atoms with Gasteiger partial charge in [-0.1, -0.05) is 53.2 Å². The molecule has 0 saturated carbocycles. The first kappa shape index (κ1) is 22.0. The molecule has 3 aromatic rings. The Bertz CT molecular complexity index is 1030. The molecule has 0 bridgehead atoms. The van der Waals surface area contributed by atoms with Gasteiger partial charge < -0.3 is 14.6 Å². The first-order chi connectivity index (χ1) is 15.6. The zero-order valence-corrected chi connectivity index (χ0v) is 18.7. The van der Waals surface area contributed by atoms with Gasteiger partial charge in [0.15, 0.2) is 0 Å². The van der Waals surface area contributed by atoms with Gasteiger partial charge in [-0.15, -0.1) is 0 Å². The lowest BCUT2D eigenvalue weighted by molar-refractivity contribution is -0.121. The number of nitrogens with zero attached hydrogens (tertiary/aromatic N) is 3. The van der Waals surface area contributed by atoms with Crippen LogP contribution in [0.3, 0.4) is 0 Å². The van der Waals surface area contributed by atoms with Crippen molar-refractivity contribution >= 4 is 5.91 Å². The Balaban J connectivity index is 1.34. The number of benzene rings is 2. The summed E-state index contributed by atoms with van der Waals surface area (Å²) < 4.78 is 10.9. The summed E-state index contributed by atoms with van der Waals surface area (Å²) in [4.78, 5) is 19.4. The van der Waals surface area contributed by atoms with Crippen LogP contribution in [0.15, 0.2) is 53.1 Å². The first-order valence-electron chi connectivity index (χ1n) is 11.2. The van der Waals surface area contributed by atoms with E-state index in [0.717, 1.165) is 30.0 Å². The first-order valence-corrected chi connectivity index (χ1v) is 11.2. The van der Waals surface area contributed by atoms with Crippen LogP contribution in [0.5, 0.6) is 5.75 Å². The minimum atomic E-state index is -0.0285. The SMILES string of the molecule is COc1ccccc1[C@H](CNC(=O)CCc1nc(-c2ccc(C)cc2)no1)N1CCCC1. The molecule has 0 unspecified atom stereocenters. The number of nitrogens with one attached hydrogen (secondary N) is 1. The predicted molar refractivity (Wildman–Crippen MR) is 122 cm³/mol. The molecular formula is C25H30N4O3. The van der Waals surface area contributed by atoms with Gasteiger partial charge in [-0.05, 0) is 38.9 Å². The molecule has 1 aromatic heterocycles. The smallest absolute Gasteiger partial charge is 0.227 e. The van der Waals surface area contributed by atoms with E-state index in [9.17, 15) is 4.79 Å². The fourth-order valence-electron chi connectivity index (χ4n) is 4.13. The molecule has 1 aliphatic heterocycles. The van der Waals surface area contributed by atoms with E-state index in [1.807, 2.05) is 49.4 Å². The summed E-state index contributed by atoms with van der Waals surface area (Å²) >= 11 is 0. The number of hydrogen-bond acceptors (Lipinski definition) is 6. The van der Waals surface area contributed by atoms with Crippen molar-refractivity contribution in [1.82, 2.24) is 20.4 Å². The minimum Gasteiger partial charge on any atom is -0.496 e. The molecule has 2 aromatic carbocycles. The van der Waals surface area contributed by atoms with Crippen molar-refractivity contribution in [2.24, 2.45) is 0 Å². The van der Waals surface area contributed by atoms with Gasteiger partial charge in [-0.25, -0.2) is 0 Å². The molecule has 0 aliphatic carbocycles. The average molecular weight is 435 g/mol. The Morgan fingerprint density at radius 2 is 1.91 bits per heavy atom. The average Bonchev–Trinajstić information content (AvgIpc) is 3.51. The second kappa shape index (κ2) is 10.4. The number of aromatic nitrogens is 2. The third-order valence-electron chi connectivity index (χ3n) is 5.92. The highest BCUT2D eigenvalue weighted by Crippen LogP contribution is 2.31. The lowest BCUT2D eigenvalue weighted by atomic mass is 10.0. The third-order valence-corrected chi connectivity index (χ3v) is 5.92. The molecule has 1 aliphatic rings. The highest BCUT2D eigenvalue weighted by atomic mass is 16.5. The van der Waals surface area contributed by atoms with Crippen molar-refractivity contribution in [3.63, 3.8) is 0 Å². The molecule has 32 heavy (non-hydrogen) atoms. The van der Waals surface area contributed by atoms with E-state index in [-0.39, 0.29) is 11.9 Å². The van der Waals surface area contributed by atoms with E-state index in [4.69, 9.17) is 9.26 Å². The Kier molecular flexibility index (Phi) is 7.17. The van der Waals surface area contributed by atoms with E-state index in [2.05, 4.69) is 26.4 Å². The predicted octanol–water partition coefficient (Wildman–Crippen LogP) is 3.94. The molecule has 4 rings (SSSR count). The number of ether oxygens (including phenoxy) is 1. The van der Waals surface area contributed by atoms with Gasteiger partial charge in [0.05, 0.1) is 13.2 Å². The van der Waals surface area contributed by atoms with Gasteiger partial charge in [0.2, 0.25) is 17.6 Å². The summed E-state index contributed by atoms with van der Waals surface area (Å²) in [6.07, 6.45) is 3.07. The second-order valence-corrected chi connectivity index (χ2v) is 8.18. The molecule has 1 fully saturated rings. The number of carbonyl (C=O) groups is 1. The number of hydrogen-bond donors (Lipinski definition) is 1. The Morgan fingerprint density at radius 3 is 2.66 bits per heavy atom. The highest BCUT2D eigenvalue weighted by Gasteiger charge is 2.26. The monoisotopic (exact) mass is 434 g/mol. The largest absolute Gasteiger partial charge is 0.496 e. The standard InChI is InChI=1S/C25H30N4O3/c1-18-9-11-19(12-10-18)25-27-24(32-28-25)14-13-23(30)26-17-21(29-15-5-6-16-29)20-7-3-4-8-22(20)31-2/h3-4,7-12,21H,5-6,13-17H2,1-2H3,(H,26,30)/t21-/m0/s1. The highest BCUT2D eigenvalue weighted by molar-refractivity contribution is 5.76. The normalized spacial score (nSPS) is 14.9. The van der Waals surface area contributed by atoms with Crippen molar-refractivity contribution in [2.75, 3.05) is 26.7 Å². The molecule has 1 atom stereocenters. The van der Waals surface area contributed by atoms with Crippen molar-refractivity contribution in [1.29, 1.82) is 0 Å². The maximum atomic E-state index is 12.6.